The summed E-state index contributed by atoms with van der Waals surface area (Å²) in [6.45, 7) is 2.76. The van der Waals surface area contributed by atoms with Crippen molar-refractivity contribution in [3.8, 4) is 0 Å². The number of nitrogens with two attached hydrogens (primary N) is 1. The van der Waals surface area contributed by atoms with Crippen molar-refractivity contribution in [2.75, 3.05) is 6.61 Å². The molecular formula is C14H20ClNO. The second-order valence-corrected chi connectivity index (χ2v) is 5.12. The van der Waals surface area contributed by atoms with Crippen LogP contribution in [-0.2, 0) is 11.2 Å². The standard InChI is InChI=1S/C14H20ClNO/c1-2-17-14(10-7-8-10)13(16)9-11-5-3-4-6-12(11)15/h3-6,10,13-14H,2,7-9,16H2,1H3. The molecule has 0 heterocycles. The number of hydrogen-bond acceptors (Lipinski definition) is 2. The van der Waals surface area contributed by atoms with Crippen molar-refractivity contribution in [3.63, 3.8) is 0 Å². The van der Waals surface area contributed by atoms with Crippen LogP contribution < -0.4 is 5.73 Å². The van der Waals surface area contributed by atoms with Gasteiger partial charge in [-0.1, -0.05) is 29.8 Å². The predicted molar refractivity (Wildman–Crippen MR) is 71.3 cm³/mol. The Hall–Kier alpha value is -0.570. The van der Waals surface area contributed by atoms with E-state index >= 15 is 0 Å². The van der Waals surface area contributed by atoms with Gasteiger partial charge in [-0.3, -0.25) is 0 Å². The molecule has 2 unspecified atom stereocenters. The Bertz CT molecular complexity index is 365. The molecule has 1 fully saturated rings. The van der Waals surface area contributed by atoms with Crippen LogP contribution >= 0.6 is 11.6 Å². The zero-order valence-electron chi connectivity index (χ0n) is 10.2. The van der Waals surface area contributed by atoms with Crippen LogP contribution in [0.15, 0.2) is 24.3 Å². The lowest BCUT2D eigenvalue weighted by molar-refractivity contribution is 0.0288. The fourth-order valence-corrected chi connectivity index (χ4v) is 2.47. The maximum atomic E-state index is 6.26. The summed E-state index contributed by atoms with van der Waals surface area (Å²) < 4.78 is 5.77. The Morgan fingerprint density at radius 2 is 2.12 bits per heavy atom. The van der Waals surface area contributed by atoms with Crippen LogP contribution in [0.5, 0.6) is 0 Å². The zero-order valence-corrected chi connectivity index (χ0v) is 11.0. The van der Waals surface area contributed by atoms with Gasteiger partial charge >= 0.3 is 0 Å². The van der Waals surface area contributed by atoms with Gasteiger partial charge in [-0.2, -0.15) is 0 Å². The van der Waals surface area contributed by atoms with E-state index in [1.165, 1.54) is 12.8 Å². The van der Waals surface area contributed by atoms with Crippen molar-refractivity contribution in [1.29, 1.82) is 0 Å². The molecule has 0 bridgehead atoms. The molecule has 1 aliphatic carbocycles. The van der Waals surface area contributed by atoms with E-state index in [1.54, 1.807) is 0 Å². The molecule has 0 spiro atoms. The quantitative estimate of drug-likeness (QED) is 0.846. The lowest BCUT2D eigenvalue weighted by atomic mass is 9.99. The molecule has 3 heteroatoms. The van der Waals surface area contributed by atoms with Gasteiger partial charge in [0.05, 0.1) is 6.10 Å². The molecule has 0 radical (unpaired) electrons. The van der Waals surface area contributed by atoms with E-state index in [0.717, 1.165) is 23.6 Å². The van der Waals surface area contributed by atoms with Crippen molar-refractivity contribution in [3.05, 3.63) is 34.9 Å². The van der Waals surface area contributed by atoms with Crippen molar-refractivity contribution in [1.82, 2.24) is 0 Å². The van der Waals surface area contributed by atoms with Crippen LogP contribution in [-0.4, -0.2) is 18.8 Å². The van der Waals surface area contributed by atoms with E-state index in [2.05, 4.69) is 0 Å². The van der Waals surface area contributed by atoms with Gasteiger partial charge in [-0.25, -0.2) is 0 Å². The molecule has 0 amide bonds. The molecule has 17 heavy (non-hydrogen) atoms. The largest absolute Gasteiger partial charge is 0.377 e. The summed E-state index contributed by atoms with van der Waals surface area (Å²) in [6.07, 6.45) is 3.49. The smallest absolute Gasteiger partial charge is 0.0757 e. The fraction of sp³-hybridized carbons (Fsp3) is 0.571. The zero-order chi connectivity index (χ0) is 12.3. The highest BCUT2D eigenvalue weighted by molar-refractivity contribution is 6.31. The summed E-state index contributed by atoms with van der Waals surface area (Å²) >= 11 is 6.15. The van der Waals surface area contributed by atoms with Gasteiger partial charge < -0.3 is 10.5 Å². The molecule has 0 saturated heterocycles. The molecule has 1 aromatic carbocycles. The van der Waals surface area contributed by atoms with Gasteiger partial charge in [-0.05, 0) is 43.7 Å². The van der Waals surface area contributed by atoms with Crippen molar-refractivity contribution >= 4 is 11.6 Å². The lowest BCUT2D eigenvalue weighted by Crippen LogP contribution is -2.40. The van der Waals surface area contributed by atoms with E-state index in [9.17, 15) is 0 Å². The highest BCUT2D eigenvalue weighted by atomic mass is 35.5. The summed E-state index contributed by atoms with van der Waals surface area (Å²) in [6, 6.07) is 7.94. The molecule has 1 saturated carbocycles. The highest BCUT2D eigenvalue weighted by Crippen LogP contribution is 2.36. The topological polar surface area (TPSA) is 35.2 Å². The Labute approximate surface area is 108 Å². The third-order valence-electron chi connectivity index (χ3n) is 3.28. The van der Waals surface area contributed by atoms with Gasteiger partial charge in [0.25, 0.3) is 0 Å². The van der Waals surface area contributed by atoms with Crippen molar-refractivity contribution in [2.45, 2.75) is 38.3 Å². The normalized spacial score (nSPS) is 19.0. The second kappa shape index (κ2) is 5.85. The maximum absolute atomic E-state index is 6.26. The second-order valence-electron chi connectivity index (χ2n) is 4.72. The Kier molecular flexibility index (Phi) is 4.43. The first-order valence-electron chi connectivity index (χ1n) is 6.33. The molecule has 1 aromatic rings. The highest BCUT2D eigenvalue weighted by Gasteiger charge is 2.35. The van der Waals surface area contributed by atoms with E-state index in [4.69, 9.17) is 22.1 Å². The molecule has 2 atom stereocenters. The van der Waals surface area contributed by atoms with Crippen LogP contribution in [0.2, 0.25) is 5.02 Å². The van der Waals surface area contributed by atoms with Crippen LogP contribution in [0, 0.1) is 5.92 Å². The van der Waals surface area contributed by atoms with Crippen LogP contribution in [0.3, 0.4) is 0 Å². The molecule has 1 aliphatic rings. The van der Waals surface area contributed by atoms with Gasteiger partial charge in [0.15, 0.2) is 0 Å². The van der Waals surface area contributed by atoms with E-state index in [-0.39, 0.29) is 12.1 Å². The number of ether oxygens (including phenoxy) is 1. The number of benzene rings is 1. The van der Waals surface area contributed by atoms with Crippen molar-refractivity contribution < 1.29 is 4.74 Å². The van der Waals surface area contributed by atoms with Crippen molar-refractivity contribution in [2.24, 2.45) is 11.7 Å². The molecule has 2 N–H and O–H groups in total. The molecule has 94 valence electrons. The lowest BCUT2D eigenvalue weighted by Gasteiger charge is -2.24. The molecular weight excluding hydrogens is 234 g/mol. The monoisotopic (exact) mass is 253 g/mol. The Morgan fingerprint density at radius 1 is 1.41 bits per heavy atom. The molecule has 2 nitrogen and oxygen atoms in total. The summed E-state index contributed by atoms with van der Waals surface area (Å²) in [5.74, 6) is 0.660. The van der Waals surface area contributed by atoms with Crippen LogP contribution in [0.25, 0.3) is 0 Å². The van der Waals surface area contributed by atoms with E-state index in [0.29, 0.717) is 5.92 Å². The minimum atomic E-state index is 0.0438. The third-order valence-corrected chi connectivity index (χ3v) is 3.65. The van der Waals surface area contributed by atoms with Crippen LogP contribution in [0.1, 0.15) is 25.3 Å². The maximum Gasteiger partial charge on any atom is 0.0757 e. The summed E-state index contributed by atoms with van der Waals surface area (Å²) in [7, 11) is 0. The van der Waals surface area contributed by atoms with Crippen LogP contribution in [0.4, 0.5) is 0 Å². The van der Waals surface area contributed by atoms with E-state index in [1.807, 2.05) is 31.2 Å². The number of rotatable bonds is 6. The Morgan fingerprint density at radius 3 is 2.71 bits per heavy atom. The predicted octanol–water partition coefficient (Wildman–Crippen LogP) is 3.02. The van der Waals surface area contributed by atoms with Gasteiger partial charge in [-0.15, -0.1) is 0 Å². The number of hydrogen-bond donors (Lipinski definition) is 1. The minimum Gasteiger partial charge on any atom is -0.377 e. The Balaban J connectivity index is 1.99. The fourth-order valence-electron chi connectivity index (χ4n) is 2.26. The average Bonchev–Trinajstić information content (AvgIpc) is 3.13. The summed E-state index contributed by atoms with van der Waals surface area (Å²) in [4.78, 5) is 0. The van der Waals surface area contributed by atoms with Gasteiger partial charge in [0.2, 0.25) is 0 Å². The summed E-state index contributed by atoms with van der Waals surface area (Å²) in [5, 5.41) is 0.800. The SMILES string of the molecule is CCOC(C(N)Cc1ccccc1Cl)C1CC1. The van der Waals surface area contributed by atoms with Gasteiger partial charge in [0.1, 0.15) is 0 Å². The number of halogens is 1. The summed E-state index contributed by atoms with van der Waals surface area (Å²) in [5.41, 5.74) is 7.38. The minimum absolute atomic E-state index is 0.0438. The molecule has 0 aliphatic heterocycles. The molecule has 0 aromatic heterocycles. The molecule has 2 rings (SSSR count). The first kappa shape index (κ1) is 12.9. The first-order chi connectivity index (χ1) is 8.22. The average molecular weight is 254 g/mol. The van der Waals surface area contributed by atoms with Gasteiger partial charge in [0, 0.05) is 17.7 Å². The van der Waals surface area contributed by atoms with E-state index < -0.39 is 0 Å². The third kappa shape index (κ3) is 3.44. The first-order valence-corrected chi connectivity index (χ1v) is 6.70.